The summed E-state index contributed by atoms with van der Waals surface area (Å²) in [7, 11) is 0. The maximum atomic E-state index is 2.50. The van der Waals surface area contributed by atoms with Crippen LogP contribution in [-0.4, -0.2) is 0 Å². The number of anilines is 6. The molecule has 0 saturated heterocycles. The highest BCUT2D eigenvalue weighted by Crippen LogP contribution is 2.56. The molecule has 12 aromatic rings. The third-order valence-electron chi connectivity index (χ3n) is 16.0. The Bertz CT molecular complexity index is 3790. The minimum Gasteiger partial charge on any atom is -0.309 e. The Morgan fingerprint density at radius 3 is 0.857 bits per heavy atom. The van der Waals surface area contributed by atoms with E-state index in [1.807, 2.05) is 0 Å². The van der Waals surface area contributed by atoms with Crippen molar-refractivity contribution < 1.29 is 0 Å². The van der Waals surface area contributed by atoms with Gasteiger partial charge in [0.1, 0.15) is 0 Å². The lowest BCUT2D eigenvalue weighted by Gasteiger charge is -2.42. The molecule has 0 bridgehead atoms. The predicted octanol–water partition coefficient (Wildman–Crippen LogP) is 19.0. The number of nitrogens with zero attached hydrogens (tertiary/aromatic N) is 2. The van der Waals surface area contributed by atoms with Gasteiger partial charge in [0.15, 0.2) is 0 Å². The monoisotopic (exact) mass is 894 g/mol. The first-order valence-electron chi connectivity index (χ1n) is 24.7. The van der Waals surface area contributed by atoms with Crippen LogP contribution in [0.5, 0.6) is 0 Å². The SMILES string of the molecule is CC1(C)c2ccccc2N(c2ccc(-c3cc4cc(-c5ccc(N6c7ccccc7C(C)(C)c7ccccc76)c6ccccc56)c5ccccc5c4c4ccccc34)c3ccccc23)c2ccccc21. The van der Waals surface area contributed by atoms with Crippen molar-refractivity contribution in [1.29, 1.82) is 0 Å². The molecule has 2 heterocycles. The van der Waals surface area contributed by atoms with Crippen molar-refractivity contribution in [3.8, 4) is 22.3 Å². The molecule has 0 atom stereocenters. The van der Waals surface area contributed by atoms with Gasteiger partial charge in [-0.1, -0.05) is 210 Å². The van der Waals surface area contributed by atoms with Crippen LogP contribution in [0.15, 0.2) is 231 Å². The van der Waals surface area contributed by atoms with Crippen LogP contribution < -0.4 is 9.80 Å². The lowest BCUT2D eigenvalue weighted by Crippen LogP contribution is -2.30. The van der Waals surface area contributed by atoms with Crippen LogP contribution in [0.4, 0.5) is 34.1 Å². The molecule has 2 aliphatic rings. The van der Waals surface area contributed by atoms with Crippen LogP contribution in [0.25, 0.3) is 76.1 Å². The predicted molar refractivity (Wildman–Crippen MR) is 298 cm³/mol. The molecule has 0 radical (unpaired) electrons. The lowest BCUT2D eigenvalue weighted by atomic mass is 9.73. The smallest absolute Gasteiger partial charge is 0.0540 e. The zero-order chi connectivity index (χ0) is 46.9. The molecule has 0 spiro atoms. The molecule has 0 amide bonds. The van der Waals surface area contributed by atoms with Crippen molar-refractivity contribution in [3.05, 3.63) is 253 Å². The Balaban J connectivity index is 0.990. The van der Waals surface area contributed by atoms with Crippen molar-refractivity contribution in [2.75, 3.05) is 9.80 Å². The normalized spacial score (nSPS) is 14.5. The summed E-state index contributed by atoms with van der Waals surface area (Å²) >= 11 is 0. The molecule has 0 aliphatic carbocycles. The van der Waals surface area contributed by atoms with Gasteiger partial charge in [-0.2, -0.15) is 0 Å². The van der Waals surface area contributed by atoms with Gasteiger partial charge in [0.25, 0.3) is 0 Å². The first-order valence-corrected chi connectivity index (χ1v) is 24.7. The highest BCUT2D eigenvalue weighted by molar-refractivity contribution is 6.27. The summed E-state index contributed by atoms with van der Waals surface area (Å²) < 4.78 is 0. The fraction of sp³-hybridized carbons (Fsp3) is 0.0882. The Hall–Kier alpha value is -8.46. The van der Waals surface area contributed by atoms with Gasteiger partial charge >= 0.3 is 0 Å². The zero-order valence-corrected chi connectivity index (χ0v) is 39.8. The number of hydrogen-bond acceptors (Lipinski definition) is 2. The van der Waals surface area contributed by atoms with Crippen LogP contribution in [-0.2, 0) is 10.8 Å². The molecule has 2 aliphatic heterocycles. The quantitative estimate of drug-likeness (QED) is 0.162. The Morgan fingerprint density at radius 1 is 0.243 bits per heavy atom. The highest BCUT2D eigenvalue weighted by atomic mass is 15.2. The summed E-state index contributed by atoms with van der Waals surface area (Å²) in [5.74, 6) is 0. The molecule has 70 heavy (non-hydrogen) atoms. The molecule has 2 nitrogen and oxygen atoms in total. The molecule has 0 aromatic heterocycles. The summed E-state index contributed by atoms with van der Waals surface area (Å²) in [6, 6.07) is 86.4. The second kappa shape index (κ2) is 15.0. The van der Waals surface area contributed by atoms with Gasteiger partial charge < -0.3 is 9.80 Å². The van der Waals surface area contributed by atoms with Crippen LogP contribution in [0, 0.1) is 0 Å². The van der Waals surface area contributed by atoms with Crippen LogP contribution in [0.2, 0.25) is 0 Å². The molecule has 2 heteroatoms. The van der Waals surface area contributed by atoms with Gasteiger partial charge in [-0.3, -0.25) is 0 Å². The summed E-state index contributed by atoms with van der Waals surface area (Å²) in [6.45, 7) is 9.42. The molecule has 0 unspecified atom stereocenters. The topological polar surface area (TPSA) is 6.48 Å². The second-order valence-corrected chi connectivity index (χ2v) is 20.4. The summed E-state index contributed by atoms with van der Waals surface area (Å²) in [5, 5.41) is 12.5. The Labute approximate surface area is 409 Å². The minimum atomic E-state index is -0.135. The molecule has 0 saturated carbocycles. The average molecular weight is 895 g/mol. The summed E-state index contributed by atoms with van der Waals surface area (Å²) in [6.07, 6.45) is 0. The Kier molecular flexibility index (Phi) is 8.71. The molecular weight excluding hydrogens is 845 g/mol. The van der Waals surface area contributed by atoms with E-state index in [1.165, 1.54) is 132 Å². The van der Waals surface area contributed by atoms with Crippen molar-refractivity contribution >= 4 is 88.0 Å². The van der Waals surface area contributed by atoms with Crippen molar-refractivity contribution in [3.63, 3.8) is 0 Å². The third kappa shape index (κ3) is 5.68. The lowest BCUT2D eigenvalue weighted by molar-refractivity contribution is 0.632. The van der Waals surface area contributed by atoms with E-state index < -0.39 is 0 Å². The number of fused-ring (bicyclic) bond motifs is 11. The van der Waals surface area contributed by atoms with Crippen LogP contribution in [0.3, 0.4) is 0 Å². The van der Waals surface area contributed by atoms with Crippen molar-refractivity contribution in [2.45, 2.75) is 38.5 Å². The van der Waals surface area contributed by atoms with Crippen molar-refractivity contribution in [1.82, 2.24) is 0 Å². The van der Waals surface area contributed by atoms with Gasteiger partial charge in [-0.15, -0.1) is 0 Å². The molecule has 0 fully saturated rings. The van der Waals surface area contributed by atoms with Crippen LogP contribution >= 0.6 is 0 Å². The summed E-state index contributed by atoms with van der Waals surface area (Å²) in [5.41, 5.74) is 17.3. The molecule has 12 aromatic carbocycles. The molecule has 14 rings (SSSR count). The molecule has 332 valence electrons. The fourth-order valence-electron chi connectivity index (χ4n) is 12.7. The largest absolute Gasteiger partial charge is 0.309 e. The maximum Gasteiger partial charge on any atom is 0.0540 e. The molecular formula is C68H50N2. The van der Waals surface area contributed by atoms with E-state index in [9.17, 15) is 0 Å². The number of hydrogen-bond donors (Lipinski definition) is 0. The third-order valence-corrected chi connectivity index (χ3v) is 16.0. The maximum absolute atomic E-state index is 2.50. The van der Waals surface area contributed by atoms with E-state index >= 15 is 0 Å². The standard InChI is InChI=1S/C68H50N2/c1-67(2)56-29-13-17-33-62(56)69(63-34-18-14-30-57(63)67)60-39-37-48(44-21-5-9-25-50(44)60)54-41-43-42-55(47-24-8-12-28-53(47)66(43)52-27-11-7-23-46(52)54)49-38-40-61(51-26-10-6-22-45(49)51)70-64-35-19-15-31-58(64)68(3,4)59-32-16-20-36-65(59)70/h5-42H,1-4H3. The van der Waals surface area contributed by atoms with E-state index in [0.29, 0.717) is 0 Å². The number of benzene rings is 12. The zero-order valence-electron chi connectivity index (χ0n) is 39.8. The minimum absolute atomic E-state index is 0.135. The summed E-state index contributed by atoms with van der Waals surface area (Å²) in [4.78, 5) is 5.00. The van der Waals surface area contributed by atoms with E-state index in [2.05, 4.69) is 268 Å². The molecule has 0 N–H and O–H groups in total. The Morgan fingerprint density at radius 2 is 0.514 bits per heavy atom. The number of rotatable bonds is 4. The van der Waals surface area contributed by atoms with Crippen LogP contribution in [0.1, 0.15) is 49.9 Å². The van der Waals surface area contributed by atoms with E-state index in [4.69, 9.17) is 0 Å². The second-order valence-electron chi connectivity index (χ2n) is 20.4. The number of para-hydroxylation sites is 4. The average Bonchev–Trinajstić information content (AvgIpc) is 3.40. The fourth-order valence-corrected chi connectivity index (χ4v) is 12.7. The van der Waals surface area contributed by atoms with Gasteiger partial charge in [-0.25, -0.2) is 0 Å². The van der Waals surface area contributed by atoms with E-state index in [1.54, 1.807) is 0 Å². The van der Waals surface area contributed by atoms with E-state index in [-0.39, 0.29) is 10.8 Å². The van der Waals surface area contributed by atoms with Gasteiger partial charge in [0.05, 0.1) is 34.1 Å². The first-order chi connectivity index (χ1) is 34.3. The van der Waals surface area contributed by atoms with Gasteiger partial charge in [0, 0.05) is 21.6 Å². The van der Waals surface area contributed by atoms with Gasteiger partial charge in [-0.05, 0) is 136 Å². The van der Waals surface area contributed by atoms with Gasteiger partial charge in [0.2, 0.25) is 0 Å². The van der Waals surface area contributed by atoms with E-state index in [0.717, 1.165) is 0 Å². The highest BCUT2D eigenvalue weighted by Gasteiger charge is 2.38. The van der Waals surface area contributed by atoms with Crippen molar-refractivity contribution in [2.24, 2.45) is 0 Å². The first kappa shape index (κ1) is 40.6.